The molecule has 4 unspecified atom stereocenters. The number of aliphatic hydroxyl groups excluding tert-OH is 1. The first-order valence-electron chi connectivity index (χ1n) is 6.13. The highest BCUT2D eigenvalue weighted by atomic mass is 32.2. The van der Waals surface area contributed by atoms with Crippen LogP contribution in [-0.2, 0) is 10.0 Å². The molecule has 0 amide bonds. The summed E-state index contributed by atoms with van der Waals surface area (Å²) in [5, 5.41) is 9.94. The molecular weight excluding hydrogens is 226 g/mol. The molecule has 0 radical (unpaired) electrons. The van der Waals surface area contributed by atoms with Gasteiger partial charge in [-0.3, -0.25) is 0 Å². The molecule has 0 bridgehead atoms. The van der Waals surface area contributed by atoms with Crippen molar-refractivity contribution >= 4 is 10.0 Å². The number of aliphatic hydroxyl groups is 1. The molecule has 0 saturated heterocycles. The molecule has 2 fully saturated rings. The predicted octanol–water partition coefficient (Wildman–Crippen LogP) is 0.865. The Morgan fingerprint density at radius 3 is 2.31 bits per heavy atom. The van der Waals surface area contributed by atoms with E-state index in [9.17, 15) is 13.5 Å². The molecule has 2 aliphatic rings. The van der Waals surface area contributed by atoms with Crippen molar-refractivity contribution in [2.45, 2.75) is 50.7 Å². The summed E-state index contributed by atoms with van der Waals surface area (Å²) in [4.78, 5) is 0. The zero-order valence-corrected chi connectivity index (χ0v) is 10.5. The van der Waals surface area contributed by atoms with Crippen LogP contribution in [-0.4, -0.2) is 31.9 Å². The number of hydrogen-bond acceptors (Lipinski definition) is 3. The number of nitrogens with one attached hydrogen (secondary N) is 1. The summed E-state index contributed by atoms with van der Waals surface area (Å²) in [6.45, 7) is 0. The number of fused-ring (bicyclic) bond motifs is 1. The van der Waals surface area contributed by atoms with Crippen molar-refractivity contribution in [3.05, 3.63) is 0 Å². The molecule has 5 heteroatoms. The fraction of sp³-hybridized carbons (Fsp3) is 1.00. The molecule has 0 spiro atoms. The van der Waals surface area contributed by atoms with Crippen LogP contribution >= 0.6 is 0 Å². The van der Waals surface area contributed by atoms with Crippen LogP contribution < -0.4 is 4.72 Å². The van der Waals surface area contributed by atoms with Crippen molar-refractivity contribution in [3.63, 3.8) is 0 Å². The molecular formula is C11H21NO3S. The fourth-order valence-electron chi connectivity index (χ4n) is 3.37. The van der Waals surface area contributed by atoms with Crippen molar-refractivity contribution in [1.82, 2.24) is 4.72 Å². The Morgan fingerprint density at radius 2 is 1.69 bits per heavy atom. The number of sulfonamides is 1. The topological polar surface area (TPSA) is 66.4 Å². The molecule has 94 valence electrons. The fourth-order valence-corrected chi connectivity index (χ4v) is 4.21. The van der Waals surface area contributed by atoms with Crippen LogP contribution in [0, 0.1) is 11.8 Å². The van der Waals surface area contributed by atoms with Gasteiger partial charge >= 0.3 is 0 Å². The van der Waals surface area contributed by atoms with Crippen LogP contribution in [0.4, 0.5) is 0 Å². The van der Waals surface area contributed by atoms with Crippen molar-refractivity contribution in [2.75, 3.05) is 6.26 Å². The van der Waals surface area contributed by atoms with E-state index in [2.05, 4.69) is 4.72 Å². The Labute approximate surface area is 97.5 Å². The lowest BCUT2D eigenvalue weighted by Crippen LogP contribution is -2.50. The van der Waals surface area contributed by atoms with Gasteiger partial charge < -0.3 is 5.11 Å². The van der Waals surface area contributed by atoms with E-state index in [-0.39, 0.29) is 12.1 Å². The van der Waals surface area contributed by atoms with Gasteiger partial charge in [-0.2, -0.15) is 0 Å². The van der Waals surface area contributed by atoms with Crippen LogP contribution in [0.2, 0.25) is 0 Å². The molecule has 2 aliphatic carbocycles. The first-order chi connectivity index (χ1) is 7.47. The Kier molecular flexibility index (Phi) is 3.56. The average molecular weight is 247 g/mol. The Balaban J connectivity index is 2.08. The van der Waals surface area contributed by atoms with Gasteiger partial charge in [-0.15, -0.1) is 0 Å². The first kappa shape index (κ1) is 12.3. The third kappa shape index (κ3) is 2.76. The quantitative estimate of drug-likeness (QED) is 0.761. The van der Waals surface area contributed by atoms with Crippen LogP contribution in [0.15, 0.2) is 0 Å². The largest absolute Gasteiger partial charge is 0.393 e. The van der Waals surface area contributed by atoms with Gasteiger partial charge in [0.25, 0.3) is 0 Å². The summed E-state index contributed by atoms with van der Waals surface area (Å²) in [5.41, 5.74) is 0. The van der Waals surface area contributed by atoms with Crippen molar-refractivity contribution in [2.24, 2.45) is 11.8 Å². The van der Waals surface area contributed by atoms with E-state index in [0.29, 0.717) is 11.8 Å². The highest BCUT2D eigenvalue weighted by Crippen LogP contribution is 2.40. The van der Waals surface area contributed by atoms with Gasteiger partial charge in [-0.05, 0) is 37.5 Å². The van der Waals surface area contributed by atoms with Gasteiger partial charge in [0.05, 0.1) is 12.4 Å². The van der Waals surface area contributed by atoms with Crippen LogP contribution in [0.5, 0.6) is 0 Å². The number of hydrogen-bond donors (Lipinski definition) is 2. The lowest BCUT2D eigenvalue weighted by molar-refractivity contribution is -0.00276. The maximum atomic E-state index is 11.3. The molecule has 16 heavy (non-hydrogen) atoms. The maximum absolute atomic E-state index is 11.3. The van der Waals surface area contributed by atoms with Gasteiger partial charge in [-0.25, -0.2) is 13.1 Å². The third-order valence-electron chi connectivity index (χ3n) is 4.02. The summed E-state index contributed by atoms with van der Waals surface area (Å²) in [6, 6.07) is 0.0451. The van der Waals surface area contributed by atoms with Gasteiger partial charge in [0.2, 0.25) is 10.0 Å². The molecule has 0 heterocycles. The van der Waals surface area contributed by atoms with Gasteiger partial charge in [0, 0.05) is 6.04 Å². The van der Waals surface area contributed by atoms with Gasteiger partial charge in [0.1, 0.15) is 0 Å². The van der Waals surface area contributed by atoms with Crippen molar-refractivity contribution in [1.29, 1.82) is 0 Å². The smallest absolute Gasteiger partial charge is 0.208 e. The minimum Gasteiger partial charge on any atom is -0.393 e. The summed E-state index contributed by atoms with van der Waals surface area (Å²) < 4.78 is 25.3. The monoisotopic (exact) mass is 247 g/mol. The Hall–Kier alpha value is -0.130. The molecule has 0 aromatic heterocycles. The summed E-state index contributed by atoms with van der Waals surface area (Å²) in [6.07, 6.45) is 6.94. The second-order valence-corrected chi connectivity index (χ2v) is 7.03. The molecule has 2 saturated carbocycles. The van der Waals surface area contributed by atoms with Crippen LogP contribution in [0.1, 0.15) is 38.5 Å². The van der Waals surface area contributed by atoms with E-state index in [4.69, 9.17) is 0 Å². The van der Waals surface area contributed by atoms with Crippen molar-refractivity contribution in [3.8, 4) is 0 Å². The highest BCUT2D eigenvalue weighted by molar-refractivity contribution is 7.88. The minimum absolute atomic E-state index is 0.0451. The second-order valence-electron chi connectivity index (χ2n) is 5.25. The minimum atomic E-state index is -3.12. The van der Waals surface area contributed by atoms with Crippen LogP contribution in [0.3, 0.4) is 0 Å². The lowest BCUT2D eigenvalue weighted by atomic mass is 9.67. The second kappa shape index (κ2) is 4.63. The Bertz CT molecular complexity index is 341. The molecule has 2 N–H and O–H groups in total. The first-order valence-corrected chi connectivity index (χ1v) is 8.02. The summed E-state index contributed by atoms with van der Waals surface area (Å²) >= 11 is 0. The standard InChI is InChI=1S/C11H21NO3S/c1-16(14,15)12-10-6-7-11(13)9-5-3-2-4-8(9)10/h8-13H,2-7H2,1H3. The molecule has 0 aliphatic heterocycles. The van der Waals surface area contributed by atoms with E-state index < -0.39 is 10.0 Å². The molecule has 4 atom stereocenters. The maximum Gasteiger partial charge on any atom is 0.208 e. The van der Waals surface area contributed by atoms with E-state index in [1.54, 1.807) is 0 Å². The highest BCUT2D eigenvalue weighted by Gasteiger charge is 2.40. The molecule has 0 aromatic rings. The normalized spacial score (nSPS) is 40.4. The SMILES string of the molecule is CS(=O)(=O)NC1CCC(O)C2CCCCC12. The van der Waals surface area contributed by atoms with E-state index in [1.165, 1.54) is 12.7 Å². The van der Waals surface area contributed by atoms with Crippen molar-refractivity contribution < 1.29 is 13.5 Å². The van der Waals surface area contributed by atoms with Gasteiger partial charge in [-0.1, -0.05) is 12.8 Å². The zero-order valence-electron chi connectivity index (χ0n) is 9.72. The molecule has 4 nitrogen and oxygen atoms in total. The summed E-state index contributed by atoms with van der Waals surface area (Å²) in [7, 11) is -3.12. The van der Waals surface area contributed by atoms with Gasteiger partial charge in [0.15, 0.2) is 0 Å². The summed E-state index contributed by atoms with van der Waals surface area (Å²) in [5.74, 6) is 0.647. The van der Waals surface area contributed by atoms with E-state index in [1.807, 2.05) is 0 Å². The molecule has 2 rings (SSSR count). The Morgan fingerprint density at radius 1 is 1.06 bits per heavy atom. The predicted molar refractivity (Wildman–Crippen MR) is 62.5 cm³/mol. The van der Waals surface area contributed by atoms with E-state index in [0.717, 1.165) is 32.1 Å². The lowest BCUT2D eigenvalue weighted by Gasteiger charge is -2.44. The van der Waals surface area contributed by atoms with E-state index >= 15 is 0 Å². The molecule has 0 aromatic carbocycles. The third-order valence-corrected chi connectivity index (χ3v) is 4.76. The average Bonchev–Trinajstić information content (AvgIpc) is 2.21. The zero-order chi connectivity index (χ0) is 11.8. The van der Waals surface area contributed by atoms with Crippen LogP contribution in [0.25, 0.3) is 0 Å². The number of rotatable bonds is 2.